The molecule has 0 aliphatic carbocycles. The third kappa shape index (κ3) is 1.77. The van der Waals surface area contributed by atoms with Gasteiger partial charge in [0.2, 0.25) is 0 Å². The number of hydrogen-bond donors (Lipinski definition) is 1. The predicted molar refractivity (Wildman–Crippen MR) is 34.2 cm³/mol. The molecule has 0 spiro atoms. The van der Waals surface area contributed by atoms with Gasteiger partial charge in [0.1, 0.15) is 0 Å². The highest BCUT2D eigenvalue weighted by atomic mass is 16.3. The molecule has 0 aliphatic heterocycles. The summed E-state index contributed by atoms with van der Waals surface area (Å²) in [5.41, 5.74) is 0. The van der Waals surface area contributed by atoms with E-state index in [-0.39, 0.29) is 0 Å². The molecule has 0 aliphatic rings. The molecule has 0 amide bonds. The Kier molecular flexibility index (Phi) is 1.96. The van der Waals surface area contributed by atoms with Gasteiger partial charge in [0.15, 0.2) is 5.82 Å². The van der Waals surface area contributed by atoms with Crippen LogP contribution in [0.1, 0.15) is 12.7 Å². The van der Waals surface area contributed by atoms with E-state index in [1.165, 1.54) is 4.80 Å². The first-order valence-electron chi connectivity index (χ1n) is 3.09. The third-order valence-electron chi connectivity index (χ3n) is 1.03. The minimum Gasteiger partial charge on any atom is -0.393 e. The summed E-state index contributed by atoms with van der Waals surface area (Å²) in [6.45, 7) is 1.69. The Bertz CT molecular complexity index is 207. The topological polar surface area (TPSA) is 63.8 Å². The Morgan fingerprint density at radius 2 is 2.40 bits per heavy atom. The fourth-order valence-corrected chi connectivity index (χ4v) is 0.669. The molecule has 10 heavy (non-hydrogen) atoms. The Morgan fingerprint density at radius 1 is 1.70 bits per heavy atom. The quantitative estimate of drug-likeness (QED) is 0.583. The number of aliphatic hydroxyl groups is 1. The molecule has 1 atom stereocenters. The zero-order valence-corrected chi connectivity index (χ0v) is 6.02. The Morgan fingerprint density at radius 3 is 2.80 bits per heavy atom. The summed E-state index contributed by atoms with van der Waals surface area (Å²) in [7, 11) is 1.69. The molecule has 1 rings (SSSR count). The number of aromatic nitrogens is 4. The van der Waals surface area contributed by atoms with Crippen LogP contribution in [0.2, 0.25) is 0 Å². The summed E-state index contributed by atoms with van der Waals surface area (Å²) >= 11 is 0. The molecule has 1 aromatic rings. The number of aryl methyl sites for hydroxylation is 1. The van der Waals surface area contributed by atoms with Crippen molar-refractivity contribution < 1.29 is 5.11 Å². The maximum absolute atomic E-state index is 8.90. The van der Waals surface area contributed by atoms with Gasteiger partial charge in [-0.1, -0.05) is 0 Å². The van der Waals surface area contributed by atoms with Gasteiger partial charge in [0.25, 0.3) is 0 Å². The molecule has 5 heteroatoms. The van der Waals surface area contributed by atoms with E-state index in [1.54, 1.807) is 14.0 Å². The SMILES string of the molecule is CC(O)Cc1nnn(C)n1. The van der Waals surface area contributed by atoms with Crippen molar-refractivity contribution in [3.63, 3.8) is 0 Å². The molecule has 1 heterocycles. The van der Waals surface area contributed by atoms with Crippen LogP contribution in [0.15, 0.2) is 0 Å². The molecule has 1 N–H and O–H groups in total. The van der Waals surface area contributed by atoms with E-state index in [0.29, 0.717) is 12.2 Å². The first-order chi connectivity index (χ1) is 4.68. The van der Waals surface area contributed by atoms with Gasteiger partial charge >= 0.3 is 0 Å². The Balaban J connectivity index is 2.58. The molecule has 1 unspecified atom stereocenters. The molecule has 0 aromatic carbocycles. The first kappa shape index (κ1) is 7.14. The van der Waals surface area contributed by atoms with E-state index in [2.05, 4.69) is 15.4 Å². The van der Waals surface area contributed by atoms with Gasteiger partial charge in [0, 0.05) is 6.42 Å². The van der Waals surface area contributed by atoms with Gasteiger partial charge in [-0.15, -0.1) is 10.2 Å². The van der Waals surface area contributed by atoms with Crippen LogP contribution in [0.25, 0.3) is 0 Å². The van der Waals surface area contributed by atoms with Gasteiger partial charge in [-0.05, 0) is 12.1 Å². The van der Waals surface area contributed by atoms with Crippen LogP contribution in [-0.4, -0.2) is 31.4 Å². The molecule has 0 saturated carbocycles. The van der Waals surface area contributed by atoms with Crippen LogP contribution < -0.4 is 0 Å². The fourth-order valence-electron chi connectivity index (χ4n) is 0.669. The smallest absolute Gasteiger partial charge is 0.177 e. The standard InChI is InChI=1S/C5H10N4O/c1-4(10)3-5-6-8-9(2)7-5/h4,10H,3H2,1-2H3. The highest BCUT2D eigenvalue weighted by Gasteiger charge is 2.03. The van der Waals surface area contributed by atoms with Gasteiger partial charge in [-0.2, -0.15) is 4.80 Å². The lowest BCUT2D eigenvalue weighted by atomic mass is 10.3. The maximum atomic E-state index is 8.90. The Labute approximate surface area is 58.7 Å². The van der Waals surface area contributed by atoms with Crippen molar-refractivity contribution in [3.8, 4) is 0 Å². The van der Waals surface area contributed by atoms with E-state index in [1.807, 2.05) is 0 Å². The van der Waals surface area contributed by atoms with Crippen LogP contribution in [0.4, 0.5) is 0 Å². The van der Waals surface area contributed by atoms with Crippen LogP contribution >= 0.6 is 0 Å². The van der Waals surface area contributed by atoms with E-state index in [9.17, 15) is 0 Å². The minimum atomic E-state index is -0.399. The van der Waals surface area contributed by atoms with E-state index < -0.39 is 6.10 Å². The average molecular weight is 142 g/mol. The molecule has 0 radical (unpaired) electrons. The minimum absolute atomic E-state index is 0.399. The van der Waals surface area contributed by atoms with Crippen molar-refractivity contribution in [3.05, 3.63) is 5.82 Å². The fraction of sp³-hybridized carbons (Fsp3) is 0.800. The Hall–Kier alpha value is -0.970. The van der Waals surface area contributed by atoms with Gasteiger partial charge < -0.3 is 5.11 Å². The highest BCUT2D eigenvalue weighted by molar-refractivity contribution is 4.78. The molecule has 1 aromatic heterocycles. The lowest BCUT2D eigenvalue weighted by Gasteiger charge is -1.95. The molecule has 0 fully saturated rings. The largest absolute Gasteiger partial charge is 0.393 e. The molecule has 56 valence electrons. The molecule has 0 bridgehead atoms. The van der Waals surface area contributed by atoms with Crippen molar-refractivity contribution >= 4 is 0 Å². The van der Waals surface area contributed by atoms with Crippen molar-refractivity contribution in [2.75, 3.05) is 0 Å². The summed E-state index contributed by atoms with van der Waals surface area (Å²) in [6.07, 6.45) is 0.0672. The molecule has 0 saturated heterocycles. The van der Waals surface area contributed by atoms with Gasteiger partial charge in [0.05, 0.1) is 13.2 Å². The lowest BCUT2D eigenvalue weighted by Crippen LogP contribution is -2.06. The summed E-state index contributed by atoms with van der Waals surface area (Å²) in [4.78, 5) is 1.37. The molecular weight excluding hydrogens is 132 g/mol. The van der Waals surface area contributed by atoms with E-state index in [4.69, 9.17) is 5.11 Å². The summed E-state index contributed by atoms with van der Waals surface area (Å²) in [6, 6.07) is 0. The highest BCUT2D eigenvalue weighted by Crippen LogP contribution is 1.91. The number of hydrogen-bond acceptors (Lipinski definition) is 4. The monoisotopic (exact) mass is 142 g/mol. The normalized spacial score (nSPS) is 13.5. The lowest BCUT2D eigenvalue weighted by molar-refractivity contribution is 0.192. The predicted octanol–water partition coefficient (Wildman–Crippen LogP) is -0.867. The second-order valence-electron chi connectivity index (χ2n) is 2.25. The van der Waals surface area contributed by atoms with E-state index >= 15 is 0 Å². The zero-order chi connectivity index (χ0) is 7.56. The number of nitrogens with zero attached hydrogens (tertiary/aromatic N) is 4. The number of tetrazole rings is 1. The second kappa shape index (κ2) is 2.74. The summed E-state index contributed by atoms with van der Waals surface area (Å²) in [5, 5.41) is 20.1. The van der Waals surface area contributed by atoms with Crippen LogP contribution in [0.3, 0.4) is 0 Å². The van der Waals surface area contributed by atoms with Gasteiger partial charge in [-0.25, -0.2) is 0 Å². The van der Waals surface area contributed by atoms with Gasteiger partial charge in [-0.3, -0.25) is 0 Å². The van der Waals surface area contributed by atoms with E-state index in [0.717, 1.165) is 0 Å². The third-order valence-corrected chi connectivity index (χ3v) is 1.03. The van der Waals surface area contributed by atoms with Crippen molar-refractivity contribution in [1.82, 2.24) is 20.2 Å². The summed E-state index contributed by atoms with van der Waals surface area (Å²) in [5.74, 6) is 0.581. The van der Waals surface area contributed by atoms with Crippen molar-refractivity contribution in [2.45, 2.75) is 19.4 Å². The first-order valence-corrected chi connectivity index (χ1v) is 3.09. The van der Waals surface area contributed by atoms with Crippen LogP contribution in [0, 0.1) is 0 Å². The van der Waals surface area contributed by atoms with Crippen LogP contribution in [-0.2, 0) is 13.5 Å². The van der Waals surface area contributed by atoms with Crippen molar-refractivity contribution in [1.29, 1.82) is 0 Å². The number of rotatable bonds is 2. The average Bonchev–Trinajstić information content (AvgIpc) is 2.13. The molecular formula is C5H10N4O. The summed E-state index contributed by atoms with van der Waals surface area (Å²) < 4.78 is 0. The molecule has 5 nitrogen and oxygen atoms in total. The van der Waals surface area contributed by atoms with Crippen molar-refractivity contribution in [2.24, 2.45) is 7.05 Å². The maximum Gasteiger partial charge on any atom is 0.177 e. The zero-order valence-electron chi connectivity index (χ0n) is 6.02. The number of aliphatic hydroxyl groups excluding tert-OH is 1. The second-order valence-corrected chi connectivity index (χ2v) is 2.25. The van der Waals surface area contributed by atoms with Crippen LogP contribution in [0.5, 0.6) is 0 Å².